The summed E-state index contributed by atoms with van der Waals surface area (Å²) in [5, 5.41) is 0.488. The highest BCUT2D eigenvalue weighted by Gasteiger charge is 2.40. The average molecular weight is 350 g/mol. The van der Waals surface area contributed by atoms with Crippen LogP contribution in [-0.4, -0.2) is 16.8 Å². The lowest BCUT2D eigenvalue weighted by Gasteiger charge is -2.11. The number of imide groups is 1. The number of aryl methyl sites for hydroxylation is 2. The van der Waals surface area contributed by atoms with Crippen LogP contribution in [0.3, 0.4) is 0 Å². The third kappa shape index (κ3) is 2.96. The highest BCUT2D eigenvalue weighted by molar-refractivity contribution is 7.22. The topological polar surface area (TPSA) is 50.3 Å². The molecule has 0 N–H and O–H groups in total. The van der Waals surface area contributed by atoms with Gasteiger partial charge in [0.2, 0.25) is 11.8 Å². The number of hydrogen-bond acceptors (Lipinski definition) is 4. The van der Waals surface area contributed by atoms with E-state index in [-0.39, 0.29) is 24.2 Å². The smallest absolute Gasteiger partial charge is 0.239 e. The summed E-state index contributed by atoms with van der Waals surface area (Å²) in [6.45, 7) is 4.03. The first-order valence-electron chi connectivity index (χ1n) is 8.31. The number of carbonyl (C=O) groups excluding carboxylic acids is 2. The van der Waals surface area contributed by atoms with Crippen LogP contribution >= 0.6 is 11.3 Å². The summed E-state index contributed by atoms with van der Waals surface area (Å²) >= 11 is 1.39. The van der Waals surface area contributed by atoms with Crippen LogP contribution in [-0.2, 0) is 16.0 Å². The van der Waals surface area contributed by atoms with Crippen molar-refractivity contribution >= 4 is 38.5 Å². The molecule has 126 valence electrons. The molecule has 1 aliphatic rings. The maximum atomic E-state index is 12.8. The van der Waals surface area contributed by atoms with Gasteiger partial charge < -0.3 is 0 Å². The molecule has 0 spiro atoms. The second-order valence-corrected chi connectivity index (χ2v) is 7.64. The lowest BCUT2D eigenvalue weighted by atomic mass is 9.97. The molecule has 25 heavy (non-hydrogen) atoms. The highest BCUT2D eigenvalue weighted by atomic mass is 32.1. The van der Waals surface area contributed by atoms with Gasteiger partial charge in [-0.3, -0.25) is 9.59 Å². The van der Waals surface area contributed by atoms with Gasteiger partial charge in [-0.15, -0.1) is 0 Å². The van der Waals surface area contributed by atoms with E-state index in [4.69, 9.17) is 0 Å². The summed E-state index contributed by atoms with van der Waals surface area (Å²) in [6.07, 6.45) is 0.842. The fourth-order valence-electron chi connectivity index (χ4n) is 3.30. The van der Waals surface area contributed by atoms with Crippen LogP contribution in [0.1, 0.15) is 23.1 Å². The number of amides is 2. The van der Waals surface area contributed by atoms with Crippen molar-refractivity contribution in [1.82, 2.24) is 4.98 Å². The Balaban J connectivity index is 1.62. The van der Waals surface area contributed by atoms with Crippen LogP contribution in [0.2, 0.25) is 0 Å². The largest absolute Gasteiger partial charge is 0.274 e. The fraction of sp³-hybridized carbons (Fsp3) is 0.250. The van der Waals surface area contributed by atoms with Crippen LogP contribution in [0.25, 0.3) is 10.2 Å². The van der Waals surface area contributed by atoms with Gasteiger partial charge in [-0.25, -0.2) is 9.88 Å². The number of aromatic nitrogens is 1. The maximum absolute atomic E-state index is 12.8. The van der Waals surface area contributed by atoms with E-state index >= 15 is 0 Å². The van der Waals surface area contributed by atoms with E-state index in [0.717, 1.165) is 26.9 Å². The first kappa shape index (κ1) is 16.0. The molecule has 0 bridgehead atoms. The first-order chi connectivity index (χ1) is 12.0. The maximum Gasteiger partial charge on any atom is 0.239 e. The molecular weight excluding hydrogens is 332 g/mol. The lowest BCUT2D eigenvalue weighted by molar-refractivity contribution is -0.122. The van der Waals surface area contributed by atoms with E-state index in [0.29, 0.717) is 11.6 Å². The van der Waals surface area contributed by atoms with Crippen molar-refractivity contribution in [3.8, 4) is 0 Å². The zero-order valence-electron chi connectivity index (χ0n) is 14.2. The number of thiazole rings is 1. The van der Waals surface area contributed by atoms with Crippen molar-refractivity contribution < 1.29 is 9.59 Å². The Morgan fingerprint density at radius 1 is 1.12 bits per heavy atom. The van der Waals surface area contributed by atoms with Crippen molar-refractivity contribution in [3.05, 3.63) is 59.2 Å². The Bertz CT molecular complexity index is 992. The molecule has 1 aromatic heterocycles. The molecule has 4 nitrogen and oxygen atoms in total. The summed E-state index contributed by atoms with van der Waals surface area (Å²) in [6, 6.07) is 14.1. The molecule has 0 unspecified atom stereocenters. The number of rotatable bonds is 3. The minimum atomic E-state index is -0.303. The normalized spacial score (nSPS) is 17.7. The monoisotopic (exact) mass is 350 g/mol. The summed E-state index contributed by atoms with van der Waals surface area (Å²) in [5.74, 6) is -0.594. The molecule has 3 aromatic rings. The Morgan fingerprint density at radius 3 is 2.72 bits per heavy atom. The Hall–Kier alpha value is -2.53. The van der Waals surface area contributed by atoms with Crippen LogP contribution in [0.5, 0.6) is 0 Å². The minimum absolute atomic E-state index is 0.137. The van der Waals surface area contributed by atoms with Gasteiger partial charge in [0.05, 0.1) is 16.1 Å². The molecule has 2 aromatic carbocycles. The minimum Gasteiger partial charge on any atom is -0.274 e. The number of nitrogens with zero attached hydrogens (tertiary/aromatic N) is 2. The van der Waals surface area contributed by atoms with E-state index in [1.807, 2.05) is 50.2 Å². The molecule has 1 atom stereocenters. The predicted molar refractivity (Wildman–Crippen MR) is 99.8 cm³/mol. The zero-order valence-corrected chi connectivity index (χ0v) is 15.0. The molecule has 0 radical (unpaired) electrons. The SMILES string of the molecule is Cc1cccc(C[C@@H]2CC(=O)N(c3nc4cc(C)ccc4s3)C2=O)c1. The van der Waals surface area contributed by atoms with Gasteiger partial charge in [0.15, 0.2) is 5.13 Å². The molecular formula is C20H18N2O2S. The second-order valence-electron chi connectivity index (χ2n) is 6.63. The molecule has 1 saturated heterocycles. The van der Waals surface area contributed by atoms with Gasteiger partial charge in [0.25, 0.3) is 0 Å². The predicted octanol–water partition coefficient (Wildman–Crippen LogP) is 4.04. The highest BCUT2D eigenvalue weighted by Crippen LogP contribution is 2.34. The van der Waals surface area contributed by atoms with Gasteiger partial charge in [-0.2, -0.15) is 0 Å². The average Bonchev–Trinajstić information content (AvgIpc) is 3.07. The lowest BCUT2D eigenvalue weighted by Crippen LogP contribution is -2.30. The fourth-order valence-corrected chi connectivity index (χ4v) is 4.27. The van der Waals surface area contributed by atoms with Crippen molar-refractivity contribution in [2.24, 2.45) is 5.92 Å². The first-order valence-corrected chi connectivity index (χ1v) is 9.12. The Kier molecular flexibility index (Phi) is 3.88. The van der Waals surface area contributed by atoms with Crippen LogP contribution < -0.4 is 4.90 Å². The number of fused-ring (bicyclic) bond motifs is 1. The second kappa shape index (κ2) is 6.08. The number of carbonyl (C=O) groups is 2. The molecule has 4 rings (SSSR count). The van der Waals surface area contributed by atoms with E-state index in [1.165, 1.54) is 16.2 Å². The molecule has 1 aliphatic heterocycles. The Labute approximate surface area is 150 Å². The third-order valence-corrected chi connectivity index (χ3v) is 5.55. The summed E-state index contributed by atoms with van der Waals surface area (Å²) in [5.41, 5.74) is 4.20. The van der Waals surface area contributed by atoms with Gasteiger partial charge in [-0.05, 0) is 43.5 Å². The molecule has 0 aliphatic carbocycles. The summed E-state index contributed by atoms with van der Waals surface area (Å²) < 4.78 is 0.989. The van der Waals surface area contributed by atoms with Gasteiger partial charge >= 0.3 is 0 Å². The quantitative estimate of drug-likeness (QED) is 0.670. The molecule has 5 heteroatoms. The van der Waals surface area contributed by atoms with E-state index in [9.17, 15) is 9.59 Å². The van der Waals surface area contributed by atoms with E-state index in [1.54, 1.807) is 0 Å². The van der Waals surface area contributed by atoms with Gasteiger partial charge in [0.1, 0.15) is 0 Å². The molecule has 2 heterocycles. The zero-order chi connectivity index (χ0) is 17.6. The van der Waals surface area contributed by atoms with Gasteiger partial charge in [-0.1, -0.05) is 47.2 Å². The van der Waals surface area contributed by atoms with E-state index < -0.39 is 0 Å². The number of anilines is 1. The van der Waals surface area contributed by atoms with Gasteiger partial charge in [0, 0.05) is 6.42 Å². The molecule has 0 saturated carbocycles. The van der Waals surface area contributed by atoms with Crippen molar-refractivity contribution in [2.45, 2.75) is 26.7 Å². The Morgan fingerprint density at radius 2 is 1.92 bits per heavy atom. The standard InChI is InChI=1S/C20H18N2O2S/c1-12-4-3-5-14(8-12)10-15-11-18(23)22(19(15)24)20-21-16-9-13(2)6-7-17(16)25-20/h3-9,15H,10-11H2,1-2H3/t15-/m1/s1. The summed E-state index contributed by atoms with van der Waals surface area (Å²) in [7, 11) is 0. The van der Waals surface area contributed by atoms with Crippen molar-refractivity contribution in [1.29, 1.82) is 0 Å². The molecule has 1 fully saturated rings. The third-order valence-electron chi connectivity index (χ3n) is 4.53. The number of benzene rings is 2. The summed E-state index contributed by atoms with van der Waals surface area (Å²) in [4.78, 5) is 31.1. The molecule has 2 amide bonds. The van der Waals surface area contributed by atoms with Crippen LogP contribution in [0, 0.1) is 19.8 Å². The van der Waals surface area contributed by atoms with E-state index in [2.05, 4.69) is 11.1 Å². The van der Waals surface area contributed by atoms with Crippen molar-refractivity contribution in [3.63, 3.8) is 0 Å². The van der Waals surface area contributed by atoms with Crippen LogP contribution in [0.15, 0.2) is 42.5 Å². The van der Waals surface area contributed by atoms with Crippen LogP contribution in [0.4, 0.5) is 5.13 Å². The number of hydrogen-bond donors (Lipinski definition) is 0. The van der Waals surface area contributed by atoms with Crippen molar-refractivity contribution in [2.75, 3.05) is 4.90 Å².